The molecule has 1 fully saturated rings. The molecule has 1 aliphatic heterocycles. The van der Waals surface area contributed by atoms with Crippen molar-refractivity contribution in [2.45, 2.75) is 77.7 Å². The van der Waals surface area contributed by atoms with E-state index >= 15 is 0 Å². The quantitative estimate of drug-likeness (QED) is 0.463. The van der Waals surface area contributed by atoms with Gasteiger partial charge >= 0.3 is 0 Å². The van der Waals surface area contributed by atoms with Gasteiger partial charge in [0.05, 0.1) is 23.5 Å². The van der Waals surface area contributed by atoms with Crippen LogP contribution in [0, 0.1) is 18.8 Å². The molecular weight excluding hydrogens is 458 g/mol. The Morgan fingerprint density at radius 2 is 1.97 bits per heavy atom. The van der Waals surface area contributed by atoms with Gasteiger partial charge in [0.2, 0.25) is 0 Å². The maximum absolute atomic E-state index is 13.0. The van der Waals surface area contributed by atoms with E-state index in [2.05, 4.69) is 20.1 Å². The number of carbonyl (C=O) groups excluding carboxylic acids is 1. The molecular formula is C25H34F2N4O2S. The molecule has 2 aromatic rings. The second-order valence-corrected chi connectivity index (χ2v) is 11.0. The highest BCUT2D eigenvalue weighted by Gasteiger charge is 2.27. The van der Waals surface area contributed by atoms with E-state index in [1.807, 2.05) is 19.1 Å². The summed E-state index contributed by atoms with van der Waals surface area (Å²) in [7, 11) is 0. The fourth-order valence-corrected chi connectivity index (χ4v) is 5.78. The molecule has 0 radical (unpaired) electrons. The lowest BCUT2D eigenvalue weighted by atomic mass is 9.78. The summed E-state index contributed by atoms with van der Waals surface area (Å²) in [5, 5.41) is 8.50. The van der Waals surface area contributed by atoms with E-state index in [0.717, 1.165) is 74.2 Å². The molecule has 1 aliphatic carbocycles. The van der Waals surface area contributed by atoms with Crippen LogP contribution in [0.15, 0.2) is 12.1 Å². The number of fused-ring (bicyclic) bond motifs is 1. The van der Waals surface area contributed by atoms with E-state index in [-0.39, 0.29) is 5.78 Å². The molecule has 2 aromatic heterocycles. The van der Waals surface area contributed by atoms with Gasteiger partial charge in [-0.3, -0.25) is 9.69 Å². The minimum absolute atomic E-state index is 0.264. The highest BCUT2D eigenvalue weighted by Crippen LogP contribution is 2.34. The minimum Gasteiger partial charge on any atom is -0.464 e. The van der Waals surface area contributed by atoms with Gasteiger partial charge < -0.3 is 4.74 Å². The molecule has 1 saturated carbocycles. The largest absolute Gasteiger partial charge is 0.464 e. The normalized spacial score (nSPS) is 21.3. The predicted molar refractivity (Wildman–Crippen MR) is 127 cm³/mol. The molecule has 186 valence electrons. The van der Waals surface area contributed by atoms with Gasteiger partial charge in [0.25, 0.3) is 11.1 Å². The highest BCUT2D eigenvalue weighted by molar-refractivity contribution is 7.13. The van der Waals surface area contributed by atoms with Gasteiger partial charge in [-0.05, 0) is 63.1 Å². The molecule has 0 saturated heterocycles. The summed E-state index contributed by atoms with van der Waals surface area (Å²) in [6.07, 6.45) is 7.69. The van der Waals surface area contributed by atoms with Crippen LogP contribution in [0.25, 0.3) is 0 Å². The lowest BCUT2D eigenvalue weighted by molar-refractivity contribution is -0.119. The summed E-state index contributed by atoms with van der Waals surface area (Å²) in [6.45, 7) is 4.89. The van der Waals surface area contributed by atoms with Crippen molar-refractivity contribution in [2.24, 2.45) is 11.8 Å². The summed E-state index contributed by atoms with van der Waals surface area (Å²) >= 11 is 1.40. The van der Waals surface area contributed by atoms with Crippen LogP contribution < -0.4 is 4.74 Å². The first-order valence-electron chi connectivity index (χ1n) is 12.3. The third-order valence-electron chi connectivity index (χ3n) is 6.80. The topological polar surface area (TPSA) is 68.2 Å². The predicted octanol–water partition coefficient (Wildman–Crippen LogP) is 5.03. The Morgan fingerprint density at radius 3 is 2.68 bits per heavy atom. The van der Waals surface area contributed by atoms with E-state index in [4.69, 9.17) is 4.74 Å². The second-order valence-electron chi connectivity index (χ2n) is 10.00. The van der Waals surface area contributed by atoms with Gasteiger partial charge in [-0.25, -0.2) is 13.8 Å². The smallest absolute Gasteiger partial charge is 0.278 e. The number of nitrogens with zero attached hydrogens (tertiary/aromatic N) is 4. The van der Waals surface area contributed by atoms with E-state index < -0.39 is 12.5 Å². The van der Waals surface area contributed by atoms with Gasteiger partial charge in [-0.15, -0.1) is 0 Å². The monoisotopic (exact) mass is 492 g/mol. The number of rotatable bonds is 10. The van der Waals surface area contributed by atoms with Crippen LogP contribution in [-0.4, -0.2) is 51.5 Å². The van der Waals surface area contributed by atoms with Crippen molar-refractivity contribution in [3.8, 4) is 5.19 Å². The van der Waals surface area contributed by atoms with Crippen LogP contribution >= 0.6 is 11.3 Å². The molecule has 3 heterocycles. The van der Waals surface area contributed by atoms with Crippen LogP contribution in [0.2, 0.25) is 0 Å². The Labute approximate surface area is 204 Å². The van der Waals surface area contributed by atoms with Crippen molar-refractivity contribution in [3.05, 3.63) is 34.1 Å². The molecule has 0 spiro atoms. The zero-order valence-electron chi connectivity index (χ0n) is 20.1. The highest BCUT2D eigenvalue weighted by atomic mass is 32.1. The molecule has 0 atom stereocenters. The van der Waals surface area contributed by atoms with E-state index in [1.54, 1.807) is 0 Å². The molecule has 0 bridgehead atoms. The summed E-state index contributed by atoms with van der Waals surface area (Å²) in [4.78, 5) is 20.5. The zero-order valence-corrected chi connectivity index (χ0v) is 20.9. The summed E-state index contributed by atoms with van der Waals surface area (Å²) in [5.74, 6) is -1.39. The standard InChI is InChI=1S/C25H34F2N4O2S/c1-17-3-8-20(30-29-17)14-21(32)13-19-6-4-18(5-7-19)9-11-31-12-10-23-22(15-31)28-24(34-23)33-16-25(2,26)27/h3,8,18-19H,4-7,9-16H2,1-2H3. The number of Topliss-reactive ketones (excluding diaryl/α,β-unsaturated/α-hetero) is 1. The lowest BCUT2D eigenvalue weighted by Gasteiger charge is -2.31. The summed E-state index contributed by atoms with van der Waals surface area (Å²) < 4.78 is 31.3. The third-order valence-corrected chi connectivity index (χ3v) is 7.87. The van der Waals surface area contributed by atoms with Crippen molar-refractivity contribution in [2.75, 3.05) is 19.7 Å². The van der Waals surface area contributed by atoms with Crippen molar-refractivity contribution in [1.29, 1.82) is 0 Å². The summed E-state index contributed by atoms with van der Waals surface area (Å²) in [6, 6.07) is 3.79. The second kappa shape index (κ2) is 11.2. The van der Waals surface area contributed by atoms with Crippen LogP contribution in [0.1, 0.15) is 67.4 Å². The van der Waals surface area contributed by atoms with Gasteiger partial charge in [0, 0.05) is 31.3 Å². The number of aryl methyl sites for hydroxylation is 1. The molecule has 2 aliphatic rings. The fourth-order valence-electron chi connectivity index (χ4n) is 4.88. The molecule has 0 amide bonds. The van der Waals surface area contributed by atoms with Crippen molar-refractivity contribution in [1.82, 2.24) is 20.1 Å². The summed E-state index contributed by atoms with van der Waals surface area (Å²) in [5.41, 5.74) is 2.60. The average molecular weight is 493 g/mol. The van der Waals surface area contributed by atoms with Crippen molar-refractivity contribution in [3.63, 3.8) is 0 Å². The average Bonchev–Trinajstić information content (AvgIpc) is 3.21. The number of halogens is 2. The van der Waals surface area contributed by atoms with Gasteiger partial charge in [0.1, 0.15) is 5.78 Å². The maximum Gasteiger partial charge on any atom is 0.278 e. The van der Waals surface area contributed by atoms with Crippen LogP contribution in [0.3, 0.4) is 0 Å². The first-order chi connectivity index (χ1) is 16.2. The number of hydrogen-bond acceptors (Lipinski definition) is 7. The Balaban J connectivity index is 1.15. The van der Waals surface area contributed by atoms with E-state index in [1.165, 1.54) is 24.2 Å². The third kappa shape index (κ3) is 7.50. The molecule has 4 rings (SSSR count). The van der Waals surface area contributed by atoms with E-state index in [0.29, 0.717) is 29.9 Å². The molecule has 0 N–H and O–H groups in total. The fraction of sp³-hybridized carbons (Fsp3) is 0.680. The number of hydrogen-bond donors (Lipinski definition) is 0. The van der Waals surface area contributed by atoms with Crippen molar-refractivity contribution < 1.29 is 18.3 Å². The SMILES string of the molecule is Cc1ccc(CC(=O)CC2CCC(CCN3CCc4sc(OCC(C)(F)F)nc4C3)CC2)nn1. The molecule has 0 aromatic carbocycles. The number of thiazole rings is 1. The zero-order chi connectivity index (χ0) is 24.1. The first kappa shape index (κ1) is 25.1. The number of carbonyl (C=O) groups is 1. The Hall–Kier alpha value is -2.00. The Bertz CT molecular complexity index is 953. The van der Waals surface area contributed by atoms with Crippen LogP contribution in [-0.2, 0) is 24.2 Å². The van der Waals surface area contributed by atoms with Crippen LogP contribution in [0.5, 0.6) is 5.19 Å². The minimum atomic E-state index is -2.85. The van der Waals surface area contributed by atoms with E-state index in [9.17, 15) is 13.6 Å². The van der Waals surface area contributed by atoms with Gasteiger partial charge in [-0.2, -0.15) is 10.2 Å². The molecule has 6 nitrogen and oxygen atoms in total. The molecule has 0 unspecified atom stereocenters. The molecule has 9 heteroatoms. The number of aromatic nitrogens is 3. The van der Waals surface area contributed by atoms with Gasteiger partial charge in [0.15, 0.2) is 6.61 Å². The number of alkyl halides is 2. The Kier molecular flexibility index (Phi) is 8.24. The Morgan fingerprint density at radius 1 is 1.21 bits per heavy atom. The number of ether oxygens (including phenoxy) is 1. The number of ketones is 1. The first-order valence-corrected chi connectivity index (χ1v) is 13.1. The molecule has 34 heavy (non-hydrogen) atoms. The van der Waals surface area contributed by atoms with Crippen LogP contribution in [0.4, 0.5) is 8.78 Å². The lowest BCUT2D eigenvalue weighted by Crippen LogP contribution is -2.32. The maximum atomic E-state index is 13.0. The van der Waals surface area contributed by atoms with Crippen molar-refractivity contribution >= 4 is 17.1 Å². The van der Waals surface area contributed by atoms with Gasteiger partial charge in [-0.1, -0.05) is 24.2 Å².